The molecule has 1 heterocycles. The van der Waals surface area contributed by atoms with Gasteiger partial charge in [-0.15, -0.1) is 0 Å². The van der Waals surface area contributed by atoms with Crippen LogP contribution in [0.4, 0.5) is 0 Å². The highest BCUT2D eigenvalue weighted by Crippen LogP contribution is 2.57. The maximum Gasteiger partial charge on any atom is 0.303 e. The second-order valence-electron chi connectivity index (χ2n) is 11.4. The number of aliphatic carboxylic acids is 1. The lowest BCUT2D eigenvalue weighted by atomic mass is 9.69. The van der Waals surface area contributed by atoms with E-state index in [0.29, 0.717) is 18.9 Å². The van der Waals surface area contributed by atoms with Gasteiger partial charge in [-0.25, -0.2) is 0 Å². The molecule has 1 saturated heterocycles. The van der Waals surface area contributed by atoms with Crippen LogP contribution in [0.25, 0.3) is 11.1 Å². The van der Waals surface area contributed by atoms with Crippen molar-refractivity contribution in [3.63, 3.8) is 0 Å². The van der Waals surface area contributed by atoms with Gasteiger partial charge in [-0.05, 0) is 53.9 Å². The summed E-state index contributed by atoms with van der Waals surface area (Å²) >= 11 is 0. The number of allylic oxidation sites excluding steroid dienone is 2. The largest absolute Gasteiger partial charge is 0.481 e. The van der Waals surface area contributed by atoms with Gasteiger partial charge in [-0.1, -0.05) is 116 Å². The van der Waals surface area contributed by atoms with Crippen molar-refractivity contribution in [2.24, 2.45) is 11.8 Å². The molecule has 2 fully saturated rings. The van der Waals surface area contributed by atoms with Crippen molar-refractivity contribution in [1.29, 1.82) is 0 Å². The molecule has 4 nitrogen and oxygen atoms in total. The second kappa shape index (κ2) is 12.8. The average Bonchev–Trinajstić information content (AvgIpc) is 3.56. The minimum Gasteiger partial charge on any atom is -0.481 e. The van der Waals surface area contributed by atoms with Crippen molar-refractivity contribution < 1.29 is 19.7 Å². The molecule has 0 amide bonds. The molecular formula is C36H40O4. The summed E-state index contributed by atoms with van der Waals surface area (Å²) in [7, 11) is 0. The second-order valence-corrected chi connectivity index (χ2v) is 11.4. The third-order valence-corrected chi connectivity index (χ3v) is 8.98. The Balaban J connectivity index is 1.37. The SMILES string of the molecule is CC(c1ccccc1)[C@H](O)/C=C/[C@@H]1[C@@H]2C[C@@](c3ccc(-c4ccccc4)cc3)(CO2)[C@H]1C/C=C\CCCC(=O)O. The van der Waals surface area contributed by atoms with Crippen molar-refractivity contribution in [3.05, 3.63) is 120 Å². The molecular weight excluding hydrogens is 496 g/mol. The van der Waals surface area contributed by atoms with Crippen molar-refractivity contribution in [1.82, 2.24) is 0 Å². The molecule has 6 atom stereocenters. The Morgan fingerprint density at radius 1 is 0.975 bits per heavy atom. The number of rotatable bonds is 12. The topological polar surface area (TPSA) is 66.8 Å². The Bertz CT molecular complexity index is 1300. The maximum absolute atomic E-state index is 11.0. The van der Waals surface area contributed by atoms with Crippen molar-refractivity contribution in [3.8, 4) is 11.1 Å². The number of hydrogen-bond donors (Lipinski definition) is 2. The highest BCUT2D eigenvalue weighted by Gasteiger charge is 2.58. The van der Waals surface area contributed by atoms with Crippen molar-refractivity contribution in [2.45, 2.75) is 62.6 Å². The van der Waals surface area contributed by atoms with E-state index in [9.17, 15) is 9.90 Å². The molecule has 1 aliphatic heterocycles. The average molecular weight is 537 g/mol. The molecule has 2 aliphatic rings. The summed E-state index contributed by atoms with van der Waals surface area (Å²) < 4.78 is 6.39. The molecule has 3 aromatic carbocycles. The van der Waals surface area contributed by atoms with E-state index < -0.39 is 12.1 Å². The van der Waals surface area contributed by atoms with Crippen LogP contribution >= 0.6 is 0 Å². The molecule has 0 spiro atoms. The summed E-state index contributed by atoms with van der Waals surface area (Å²) in [4.78, 5) is 10.9. The third-order valence-electron chi connectivity index (χ3n) is 8.98. The number of hydrogen-bond acceptors (Lipinski definition) is 3. The van der Waals surface area contributed by atoms with Crippen LogP contribution in [-0.4, -0.2) is 35.0 Å². The first-order valence-corrected chi connectivity index (χ1v) is 14.5. The number of carboxylic acid groups (broad SMARTS) is 1. The molecule has 2 N–H and O–H groups in total. The van der Waals surface area contributed by atoms with E-state index >= 15 is 0 Å². The van der Waals surface area contributed by atoms with Crippen molar-refractivity contribution >= 4 is 5.97 Å². The van der Waals surface area contributed by atoms with E-state index in [4.69, 9.17) is 9.84 Å². The fraction of sp³-hybridized carbons (Fsp3) is 0.361. The Morgan fingerprint density at radius 3 is 2.35 bits per heavy atom. The van der Waals surface area contributed by atoms with Crippen LogP contribution in [-0.2, 0) is 14.9 Å². The van der Waals surface area contributed by atoms with Crippen LogP contribution in [0.2, 0.25) is 0 Å². The smallest absolute Gasteiger partial charge is 0.303 e. The van der Waals surface area contributed by atoms with Crippen LogP contribution in [0.1, 0.15) is 56.1 Å². The third kappa shape index (κ3) is 6.14. The van der Waals surface area contributed by atoms with Gasteiger partial charge in [0.25, 0.3) is 0 Å². The molecule has 2 bridgehead atoms. The fourth-order valence-electron chi connectivity index (χ4n) is 6.64. The Labute approximate surface area is 238 Å². The van der Waals surface area contributed by atoms with Gasteiger partial charge in [0.1, 0.15) is 0 Å². The van der Waals surface area contributed by atoms with Crippen LogP contribution in [0.3, 0.4) is 0 Å². The Hall–Kier alpha value is -3.47. The van der Waals surface area contributed by atoms with Gasteiger partial charge in [0.05, 0.1) is 18.8 Å². The Kier molecular flexibility index (Phi) is 8.98. The highest BCUT2D eigenvalue weighted by atomic mass is 16.5. The highest BCUT2D eigenvalue weighted by molar-refractivity contribution is 5.66. The summed E-state index contributed by atoms with van der Waals surface area (Å²) in [6.45, 7) is 2.77. The number of benzene rings is 3. The number of aliphatic hydroxyl groups excluding tert-OH is 1. The van der Waals surface area contributed by atoms with Gasteiger partial charge in [0.2, 0.25) is 0 Å². The molecule has 40 heavy (non-hydrogen) atoms. The quantitative estimate of drug-likeness (QED) is 0.185. The zero-order valence-electron chi connectivity index (χ0n) is 23.2. The number of fused-ring (bicyclic) bond motifs is 2. The van der Waals surface area contributed by atoms with Crippen LogP contribution in [0.5, 0.6) is 0 Å². The first kappa shape index (κ1) is 28.1. The van der Waals surface area contributed by atoms with E-state index in [1.165, 1.54) is 16.7 Å². The van der Waals surface area contributed by atoms with Gasteiger partial charge in [-0.3, -0.25) is 4.79 Å². The summed E-state index contributed by atoms with van der Waals surface area (Å²) in [5.41, 5.74) is 4.77. The number of carboxylic acids is 1. The lowest BCUT2D eigenvalue weighted by Gasteiger charge is -2.38. The number of carbonyl (C=O) groups is 1. The molecule has 1 saturated carbocycles. The van der Waals surface area contributed by atoms with Crippen LogP contribution < -0.4 is 0 Å². The summed E-state index contributed by atoms with van der Waals surface area (Å²) in [6.07, 6.45) is 11.6. The fourth-order valence-corrected chi connectivity index (χ4v) is 6.64. The zero-order valence-corrected chi connectivity index (χ0v) is 23.2. The maximum atomic E-state index is 11.0. The monoisotopic (exact) mass is 536 g/mol. The van der Waals surface area contributed by atoms with Gasteiger partial charge >= 0.3 is 5.97 Å². The molecule has 0 aromatic heterocycles. The normalized spacial score (nSPS) is 25.5. The van der Waals surface area contributed by atoms with Crippen LogP contribution in [0, 0.1) is 11.8 Å². The molecule has 4 heteroatoms. The molecule has 208 valence electrons. The lowest BCUT2D eigenvalue weighted by molar-refractivity contribution is -0.137. The number of aliphatic hydroxyl groups is 1. The lowest BCUT2D eigenvalue weighted by Crippen LogP contribution is -2.39. The molecule has 0 radical (unpaired) electrons. The number of unbranched alkanes of at least 4 members (excludes halogenated alkanes) is 1. The van der Waals surface area contributed by atoms with E-state index in [1.54, 1.807) is 0 Å². The van der Waals surface area contributed by atoms with E-state index in [2.05, 4.69) is 85.8 Å². The molecule has 5 rings (SSSR count). The van der Waals surface area contributed by atoms with E-state index in [0.717, 1.165) is 24.8 Å². The summed E-state index contributed by atoms with van der Waals surface area (Å²) in [6, 6.07) is 29.6. The van der Waals surface area contributed by atoms with Gasteiger partial charge in [0, 0.05) is 23.7 Å². The predicted molar refractivity (Wildman–Crippen MR) is 160 cm³/mol. The van der Waals surface area contributed by atoms with Gasteiger partial charge in [-0.2, -0.15) is 0 Å². The van der Waals surface area contributed by atoms with Crippen LogP contribution in [0.15, 0.2) is 109 Å². The van der Waals surface area contributed by atoms with Gasteiger partial charge in [0.15, 0.2) is 0 Å². The first-order valence-electron chi connectivity index (χ1n) is 14.5. The van der Waals surface area contributed by atoms with E-state index in [1.807, 2.05) is 30.3 Å². The molecule has 1 unspecified atom stereocenters. The summed E-state index contributed by atoms with van der Waals surface area (Å²) in [5, 5.41) is 20.0. The minimum absolute atomic E-state index is 0.00373. The van der Waals surface area contributed by atoms with Gasteiger partial charge < -0.3 is 14.9 Å². The molecule has 3 aromatic rings. The predicted octanol–water partition coefficient (Wildman–Crippen LogP) is 7.55. The first-order chi connectivity index (χ1) is 19.5. The van der Waals surface area contributed by atoms with E-state index in [-0.39, 0.29) is 29.8 Å². The molecule has 1 aliphatic carbocycles. The number of ether oxygens (including phenoxy) is 1. The summed E-state index contributed by atoms with van der Waals surface area (Å²) in [5.74, 6) is -0.210. The standard InChI is InChI=1S/C36H40O4/c1-26(27-12-6-4-7-13-27)33(37)23-22-31-32(16-10-2-3-11-17-35(38)39)36(24-34(31)40-25-36)30-20-18-29(19-21-30)28-14-8-5-9-15-28/h2,4-10,12-15,18-23,26,31-34,37H,3,11,16-17,24-25H2,1H3,(H,38,39)/b10-2-,23-22+/t26?,31-,32-,33+,34-,36-/m0/s1. The minimum atomic E-state index is -0.745. The zero-order chi connectivity index (χ0) is 28.0. The Morgan fingerprint density at radius 2 is 1.65 bits per heavy atom. The van der Waals surface area contributed by atoms with Crippen molar-refractivity contribution in [2.75, 3.05) is 6.61 Å².